The molecule has 0 saturated carbocycles. The molecule has 1 aliphatic heterocycles. The van der Waals surface area contributed by atoms with Crippen LogP contribution in [-0.2, 0) is 17.8 Å². The lowest BCUT2D eigenvalue weighted by Gasteiger charge is -2.27. The van der Waals surface area contributed by atoms with Gasteiger partial charge < -0.3 is 19.5 Å². The van der Waals surface area contributed by atoms with E-state index in [1.807, 2.05) is 73.7 Å². The fourth-order valence-corrected chi connectivity index (χ4v) is 5.39. The summed E-state index contributed by atoms with van der Waals surface area (Å²) in [4.78, 5) is 28.9. The van der Waals surface area contributed by atoms with E-state index in [4.69, 9.17) is 9.47 Å². The van der Waals surface area contributed by atoms with E-state index in [-0.39, 0.29) is 11.4 Å². The number of ketones is 1. The number of nitrogens with zero attached hydrogens (tertiary/aromatic N) is 1. The zero-order valence-corrected chi connectivity index (χ0v) is 22.4. The molecule has 5 rings (SSSR count). The van der Waals surface area contributed by atoms with Crippen LogP contribution in [0.4, 0.5) is 0 Å². The third kappa shape index (κ3) is 5.73. The molecule has 7 heteroatoms. The topological polar surface area (TPSA) is 76.1 Å². The largest absolute Gasteiger partial charge is 0.503 e. The number of rotatable bonds is 11. The van der Waals surface area contributed by atoms with E-state index >= 15 is 0 Å². The van der Waals surface area contributed by atoms with Crippen LogP contribution >= 0.6 is 11.3 Å². The number of aliphatic hydroxyl groups excluding tert-OH is 1. The molecule has 0 spiro atoms. The second-order valence-corrected chi connectivity index (χ2v) is 10.1. The highest BCUT2D eigenvalue weighted by molar-refractivity contribution is 7.12. The minimum atomic E-state index is -0.766. The number of aliphatic hydroxyl groups is 1. The summed E-state index contributed by atoms with van der Waals surface area (Å²) in [6.45, 7) is 2.99. The average Bonchev–Trinajstić information content (AvgIpc) is 3.59. The van der Waals surface area contributed by atoms with Crippen molar-refractivity contribution >= 4 is 23.0 Å². The predicted molar refractivity (Wildman–Crippen MR) is 151 cm³/mol. The molecule has 0 aliphatic carbocycles. The number of thiophene rings is 1. The summed E-state index contributed by atoms with van der Waals surface area (Å²) < 4.78 is 12.0. The Morgan fingerprint density at radius 1 is 0.897 bits per heavy atom. The number of ether oxygens (including phenoxy) is 2. The molecule has 1 aromatic heterocycles. The molecule has 3 aromatic carbocycles. The first-order valence-electron chi connectivity index (χ1n) is 12.9. The van der Waals surface area contributed by atoms with Gasteiger partial charge in [-0.2, -0.15) is 0 Å². The van der Waals surface area contributed by atoms with Crippen molar-refractivity contribution in [2.75, 3.05) is 13.2 Å². The normalized spacial score (nSPS) is 15.1. The van der Waals surface area contributed by atoms with Crippen molar-refractivity contribution in [1.29, 1.82) is 0 Å². The molecule has 1 amide bonds. The summed E-state index contributed by atoms with van der Waals surface area (Å²) >= 11 is 1.28. The first-order valence-corrected chi connectivity index (χ1v) is 13.7. The van der Waals surface area contributed by atoms with E-state index in [1.165, 1.54) is 11.3 Å². The average molecular weight is 540 g/mol. The number of benzene rings is 3. The molecular weight excluding hydrogens is 510 g/mol. The van der Waals surface area contributed by atoms with Crippen LogP contribution in [0.5, 0.6) is 11.5 Å². The Morgan fingerprint density at radius 3 is 2.28 bits per heavy atom. The number of carbonyl (C=O) groups excluding carboxylic acids is 2. The molecule has 0 fully saturated rings. The standard InChI is InChI=1S/C32H29NO5S/c1-2-37-26-20-24(15-16-25(26)38-21-23-12-7-4-8-13-23)29-28(30(34)27-14-9-19-39-27)31(35)32(36)33(29)18-17-22-10-5-3-6-11-22/h3-16,19-20,29,35H,2,17-18,21H2,1H3. The summed E-state index contributed by atoms with van der Waals surface area (Å²) in [6.07, 6.45) is 0.577. The van der Waals surface area contributed by atoms with Gasteiger partial charge in [0.15, 0.2) is 17.3 Å². The second kappa shape index (κ2) is 12.0. The van der Waals surface area contributed by atoms with Crippen molar-refractivity contribution in [3.05, 3.63) is 129 Å². The van der Waals surface area contributed by atoms with Crippen LogP contribution in [0.25, 0.3) is 0 Å². The Morgan fingerprint density at radius 2 is 1.62 bits per heavy atom. The van der Waals surface area contributed by atoms with Crippen LogP contribution in [-0.4, -0.2) is 34.8 Å². The number of Topliss-reactive ketones (excluding diaryl/α,β-unsaturated/α-hetero) is 1. The van der Waals surface area contributed by atoms with Crippen LogP contribution < -0.4 is 9.47 Å². The van der Waals surface area contributed by atoms with Crippen molar-refractivity contribution in [1.82, 2.24) is 4.90 Å². The van der Waals surface area contributed by atoms with Crippen molar-refractivity contribution in [3.8, 4) is 11.5 Å². The van der Waals surface area contributed by atoms with Gasteiger partial charge in [-0.15, -0.1) is 11.3 Å². The Bertz CT molecular complexity index is 1470. The number of amides is 1. The van der Waals surface area contributed by atoms with Crippen LogP contribution in [0, 0.1) is 0 Å². The van der Waals surface area contributed by atoms with Gasteiger partial charge in [-0.1, -0.05) is 72.8 Å². The SMILES string of the molecule is CCOc1cc(C2C(C(=O)c3cccs3)=C(O)C(=O)N2CCc2ccccc2)ccc1OCc1ccccc1. The van der Waals surface area contributed by atoms with Gasteiger partial charge in [-0.25, -0.2) is 0 Å². The zero-order chi connectivity index (χ0) is 27.2. The molecular formula is C32H29NO5S. The van der Waals surface area contributed by atoms with Gasteiger partial charge in [0.1, 0.15) is 6.61 Å². The van der Waals surface area contributed by atoms with Gasteiger partial charge >= 0.3 is 0 Å². The van der Waals surface area contributed by atoms with Gasteiger partial charge in [0.05, 0.1) is 23.1 Å². The Labute approximate surface area is 231 Å². The highest BCUT2D eigenvalue weighted by Crippen LogP contribution is 2.42. The quantitative estimate of drug-likeness (QED) is 0.219. The van der Waals surface area contributed by atoms with Gasteiger partial charge in [0, 0.05) is 6.54 Å². The van der Waals surface area contributed by atoms with E-state index in [2.05, 4.69) is 0 Å². The Kier molecular flexibility index (Phi) is 8.08. The van der Waals surface area contributed by atoms with Crippen molar-refractivity contribution in [3.63, 3.8) is 0 Å². The van der Waals surface area contributed by atoms with Crippen LogP contribution in [0.3, 0.4) is 0 Å². The van der Waals surface area contributed by atoms with E-state index < -0.39 is 17.7 Å². The van der Waals surface area contributed by atoms with Gasteiger partial charge in [0.2, 0.25) is 5.78 Å². The lowest BCUT2D eigenvalue weighted by Crippen LogP contribution is -2.33. The van der Waals surface area contributed by atoms with Gasteiger partial charge in [-0.05, 0) is 53.6 Å². The molecule has 0 saturated heterocycles. The smallest absolute Gasteiger partial charge is 0.290 e. The minimum absolute atomic E-state index is 0.0796. The maximum absolute atomic E-state index is 13.6. The molecule has 1 aliphatic rings. The fraction of sp³-hybridized carbons (Fsp3) is 0.188. The summed E-state index contributed by atoms with van der Waals surface area (Å²) in [6, 6.07) is 27.8. The second-order valence-electron chi connectivity index (χ2n) is 9.12. The number of carbonyl (C=O) groups is 2. The molecule has 0 radical (unpaired) electrons. The first kappa shape index (κ1) is 26.3. The van der Waals surface area contributed by atoms with Crippen LogP contribution in [0.2, 0.25) is 0 Å². The third-order valence-corrected chi connectivity index (χ3v) is 7.47. The number of hydrogen-bond donors (Lipinski definition) is 1. The predicted octanol–water partition coefficient (Wildman–Crippen LogP) is 6.55. The van der Waals surface area contributed by atoms with Crippen LogP contribution in [0.15, 0.2) is 108 Å². The maximum Gasteiger partial charge on any atom is 0.290 e. The summed E-state index contributed by atoms with van der Waals surface area (Å²) in [5.41, 5.74) is 2.82. The van der Waals surface area contributed by atoms with E-state index in [0.29, 0.717) is 48.1 Å². The highest BCUT2D eigenvalue weighted by Gasteiger charge is 2.44. The molecule has 2 heterocycles. The maximum atomic E-state index is 13.6. The highest BCUT2D eigenvalue weighted by atomic mass is 32.1. The molecule has 6 nitrogen and oxygen atoms in total. The van der Waals surface area contributed by atoms with Crippen molar-refractivity contribution in [2.24, 2.45) is 0 Å². The summed E-state index contributed by atoms with van der Waals surface area (Å²) in [5.74, 6) is -0.350. The molecule has 198 valence electrons. The lowest BCUT2D eigenvalue weighted by atomic mass is 9.95. The first-order chi connectivity index (χ1) is 19.1. The molecule has 4 aromatic rings. The summed E-state index contributed by atoms with van der Waals surface area (Å²) in [7, 11) is 0. The number of hydrogen-bond acceptors (Lipinski definition) is 6. The summed E-state index contributed by atoms with van der Waals surface area (Å²) in [5, 5.41) is 12.8. The van der Waals surface area contributed by atoms with E-state index in [1.54, 1.807) is 34.5 Å². The monoisotopic (exact) mass is 539 g/mol. The molecule has 1 atom stereocenters. The molecule has 39 heavy (non-hydrogen) atoms. The van der Waals surface area contributed by atoms with Crippen molar-refractivity contribution < 1.29 is 24.2 Å². The van der Waals surface area contributed by atoms with Crippen LogP contribution in [0.1, 0.15) is 39.3 Å². The molecule has 1 N–H and O–H groups in total. The molecule has 0 bridgehead atoms. The third-order valence-electron chi connectivity index (χ3n) is 6.60. The zero-order valence-electron chi connectivity index (χ0n) is 21.6. The van der Waals surface area contributed by atoms with Gasteiger partial charge in [0.25, 0.3) is 5.91 Å². The minimum Gasteiger partial charge on any atom is -0.503 e. The Hall–Kier alpha value is -4.36. The fourth-order valence-electron chi connectivity index (χ4n) is 4.72. The van der Waals surface area contributed by atoms with E-state index in [9.17, 15) is 14.7 Å². The van der Waals surface area contributed by atoms with Gasteiger partial charge in [-0.3, -0.25) is 9.59 Å². The Balaban J connectivity index is 1.50. The lowest BCUT2D eigenvalue weighted by molar-refractivity contribution is -0.129. The van der Waals surface area contributed by atoms with Crippen molar-refractivity contribution in [2.45, 2.75) is 26.0 Å². The van der Waals surface area contributed by atoms with E-state index in [0.717, 1.165) is 11.1 Å². The molecule has 1 unspecified atom stereocenters.